The van der Waals surface area contributed by atoms with Crippen LogP contribution in [0.15, 0.2) is 124 Å². The van der Waals surface area contributed by atoms with Crippen molar-refractivity contribution in [2.45, 2.75) is 49.4 Å². The van der Waals surface area contributed by atoms with Crippen LogP contribution < -0.4 is 10.7 Å². The highest BCUT2D eigenvalue weighted by molar-refractivity contribution is 7.87. The van der Waals surface area contributed by atoms with Crippen molar-refractivity contribution in [1.82, 2.24) is 0 Å². The van der Waals surface area contributed by atoms with Crippen molar-refractivity contribution in [2.24, 2.45) is 4.99 Å². The van der Waals surface area contributed by atoms with Crippen molar-refractivity contribution in [2.75, 3.05) is 5.32 Å². The van der Waals surface area contributed by atoms with Crippen molar-refractivity contribution in [3.63, 3.8) is 0 Å². The second-order valence-corrected chi connectivity index (χ2v) is 21.4. The molecule has 1 aliphatic heterocycles. The molecule has 6 rings (SSSR count). The topological polar surface area (TPSA) is 364 Å². The Kier molecular flexibility index (Phi) is 11.6. The summed E-state index contributed by atoms with van der Waals surface area (Å²) in [5.74, 6) is -0.214. The number of aryl methyl sites for hydroxylation is 1. The third-order valence-corrected chi connectivity index (χ3v) is 14.3. The molecule has 0 unspecified atom stereocenters. The molecule has 0 fully saturated rings. The number of fused-ring (bicyclic) bond motifs is 2. The van der Waals surface area contributed by atoms with Gasteiger partial charge in [0.25, 0.3) is 60.7 Å². The first-order valence-corrected chi connectivity index (χ1v) is 25.1. The first-order chi connectivity index (χ1) is 27.9. The fourth-order valence-electron chi connectivity index (χ4n) is 6.27. The molecule has 0 amide bonds. The lowest BCUT2D eigenvalue weighted by Gasteiger charge is -2.20. The van der Waals surface area contributed by atoms with Crippen LogP contribution in [0.5, 0.6) is 0 Å². The SMILES string of the molecule is Cc1ccccc1-c1c2cc(S(=O)(=O)O)c(=NCc3ccc(S(=O)(=O)O)cc3S(=O)(=O)O)cc-2oc2cc(NCc3ccc(S(=O)(=O)O)cc3S(=O)(=O)O)c(S(=O)(=O)O)cc12. The average Bonchev–Trinajstić information content (AvgIpc) is 3.12. The van der Waals surface area contributed by atoms with Crippen LogP contribution in [0.4, 0.5) is 5.69 Å². The monoisotopic (exact) mass is 960 g/mol. The van der Waals surface area contributed by atoms with Gasteiger partial charge >= 0.3 is 0 Å². The van der Waals surface area contributed by atoms with Gasteiger partial charge in [-0.3, -0.25) is 32.3 Å². The quantitative estimate of drug-likeness (QED) is 0.0679. The van der Waals surface area contributed by atoms with Gasteiger partial charge in [0.2, 0.25) is 0 Å². The summed E-state index contributed by atoms with van der Waals surface area (Å²) in [5.41, 5.74) is -0.543. The van der Waals surface area contributed by atoms with E-state index < -0.39 is 120 Å². The Bertz CT molecular complexity index is 3570. The van der Waals surface area contributed by atoms with E-state index in [1.165, 1.54) is 0 Å². The maximum Gasteiger partial charge on any atom is 0.296 e. The van der Waals surface area contributed by atoms with E-state index >= 15 is 0 Å². The minimum Gasteiger partial charge on any atom is -0.456 e. The van der Waals surface area contributed by atoms with E-state index in [1.54, 1.807) is 31.2 Å². The number of benzene rings is 5. The summed E-state index contributed by atoms with van der Waals surface area (Å²) in [5, 5.41) is 1.93. The molecule has 21 nitrogen and oxygen atoms in total. The number of nitrogens with zero attached hydrogens (tertiary/aromatic N) is 1. The molecule has 27 heteroatoms. The molecular formula is C34H28N2O19S6. The van der Waals surface area contributed by atoms with Crippen LogP contribution in [0.1, 0.15) is 16.7 Å². The summed E-state index contributed by atoms with van der Waals surface area (Å²) in [6, 6.07) is 14.5. The highest BCUT2D eigenvalue weighted by Gasteiger charge is 2.28. The van der Waals surface area contributed by atoms with Crippen LogP contribution in [0.25, 0.3) is 33.4 Å². The molecule has 4 aromatic rings. The molecule has 0 saturated heterocycles. The van der Waals surface area contributed by atoms with Crippen molar-refractivity contribution in [1.29, 1.82) is 0 Å². The van der Waals surface area contributed by atoms with Gasteiger partial charge in [0, 0.05) is 35.2 Å². The fraction of sp³-hybridized carbons (Fsp3) is 0.0882. The minimum atomic E-state index is -5.22. The van der Waals surface area contributed by atoms with Gasteiger partial charge in [-0.15, -0.1) is 0 Å². The molecule has 0 radical (unpaired) electrons. The Labute approximate surface area is 346 Å². The molecule has 0 atom stereocenters. The molecule has 0 spiro atoms. The summed E-state index contributed by atoms with van der Waals surface area (Å²) >= 11 is 0. The molecule has 1 aliphatic carbocycles. The Morgan fingerprint density at radius 3 is 1.59 bits per heavy atom. The largest absolute Gasteiger partial charge is 0.456 e. The Morgan fingerprint density at radius 1 is 0.541 bits per heavy atom. The predicted octanol–water partition coefficient (Wildman–Crippen LogP) is 3.71. The van der Waals surface area contributed by atoms with E-state index in [0.29, 0.717) is 23.3 Å². The molecule has 0 saturated carbocycles. The van der Waals surface area contributed by atoms with E-state index in [1.807, 2.05) is 0 Å². The first-order valence-electron chi connectivity index (χ1n) is 16.4. The fourth-order valence-corrected chi connectivity index (χ4v) is 10.2. The maximum atomic E-state index is 12.9. The summed E-state index contributed by atoms with van der Waals surface area (Å²) in [6.07, 6.45) is 0. The Hall–Kier alpha value is -5.17. The van der Waals surface area contributed by atoms with Crippen LogP contribution in [0, 0.1) is 6.92 Å². The molecule has 324 valence electrons. The Morgan fingerprint density at radius 2 is 1.07 bits per heavy atom. The highest BCUT2D eigenvalue weighted by atomic mass is 32.2. The highest BCUT2D eigenvalue weighted by Crippen LogP contribution is 2.44. The normalized spacial score (nSPS) is 13.5. The molecule has 0 bridgehead atoms. The van der Waals surface area contributed by atoms with Crippen molar-refractivity contribution >= 4 is 77.4 Å². The van der Waals surface area contributed by atoms with Crippen LogP contribution in [0.3, 0.4) is 0 Å². The predicted molar refractivity (Wildman–Crippen MR) is 211 cm³/mol. The molecule has 0 aromatic heterocycles. The maximum absolute atomic E-state index is 12.9. The lowest BCUT2D eigenvalue weighted by molar-refractivity contribution is 0.475. The summed E-state index contributed by atoms with van der Waals surface area (Å²) in [6.45, 7) is 0.171. The molecule has 4 aromatic carbocycles. The van der Waals surface area contributed by atoms with Gasteiger partial charge in [0.15, 0.2) is 0 Å². The third kappa shape index (κ3) is 9.67. The molecule has 7 N–H and O–H groups in total. The smallest absolute Gasteiger partial charge is 0.296 e. The zero-order valence-electron chi connectivity index (χ0n) is 30.4. The number of nitrogens with one attached hydrogen (secondary N) is 1. The van der Waals surface area contributed by atoms with Gasteiger partial charge in [-0.25, -0.2) is 0 Å². The Balaban J connectivity index is 1.64. The number of hydrogen-bond acceptors (Lipinski definition) is 15. The first kappa shape index (κ1) is 45.4. The summed E-state index contributed by atoms with van der Waals surface area (Å²) < 4.78 is 212. The van der Waals surface area contributed by atoms with Crippen LogP contribution in [-0.4, -0.2) is 77.8 Å². The molecular weight excluding hydrogens is 933 g/mol. The third-order valence-electron chi connectivity index (χ3n) is 8.99. The second-order valence-electron chi connectivity index (χ2n) is 13.0. The number of hydrogen-bond donors (Lipinski definition) is 7. The van der Waals surface area contributed by atoms with Gasteiger partial charge in [0.05, 0.1) is 27.4 Å². The standard InChI is InChI=1S/C34H28N2O19S6/c1-18-4-2-3-5-23(18)34-24-12-32(60(49,50)51)26(35-16-19-6-8-21(56(37,38)39)10-30(19)58(43,44)45)14-28(24)55-29-15-27(33(13-25(29)34)61(52,53)54)36-17-20-7-9-22(57(40,41)42)11-31(20)59(46,47)48/h2-15,35H,16-17H2,1H3,(H,37,38,39)(H,40,41,42)(H,43,44,45)(H,46,47,48)(H,49,50,51)(H,52,53,54). The van der Waals surface area contributed by atoms with Crippen molar-refractivity contribution in [3.8, 4) is 22.5 Å². The van der Waals surface area contributed by atoms with Gasteiger partial charge in [-0.2, -0.15) is 50.5 Å². The van der Waals surface area contributed by atoms with Crippen LogP contribution >= 0.6 is 0 Å². The molecule has 2 aliphatic rings. The zero-order valence-corrected chi connectivity index (χ0v) is 35.3. The lowest BCUT2D eigenvalue weighted by Crippen LogP contribution is -2.17. The summed E-state index contributed by atoms with van der Waals surface area (Å²) in [4.78, 5) is -1.47. The van der Waals surface area contributed by atoms with E-state index in [9.17, 15) is 77.8 Å². The zero-order chi connectivity index (χ0) is 45.2. The van der Waals surface area contributed by atoms with Crippen LogP contribution in [0.2, 0.25) is 0 Å². The summed E-state index contributed by atoms with van der Waals surface area (Å²) in [7, 11) is -30.7. The van der Waals surface area contributed by atoms with E-state index in [4.69, 9.17) is 4.42 Å². The average molecular weight is 961 g/mol. The number of anilines is 1. The van der Waals surface area contributed by atoms with Crippen LogP contribution in [-0.2, 0) is 73.8 Å². The van der Waals surface area contributed by atoms with Gasteiger partial charge in [-0.1, -0.05) is 36.4 Å². The van der Waals surface area contributed by atoms with Gasteiger partial charge in [-0.05, 0) is 65.6 Å². The van der Waals surface area contributed by atoms with Crippen molar-refractivity contribution in [3.05, 3.63) is 107 Å². The van der Waals surface area contributed by atoms with E-state index in [2.05, 4.69) is 10.3 Å². The number of rotatable bonds is 12. The molecule has 1 heterocycles. The van der Waals surface area contributed by atoms with Crippen molar-refractivity contribution < 1.29 is 82.2 Å². The van der Waals surface area contributed by atoms with Gasteiger partial charge < -0.3 is 9.73 Å². The second kappa shape index (κ2) is 15.6. The van der Waals surface area contributed by atoms with Gasteiger partial charge in [0.1, 0.15) is 30.9 Å². The minimum absolute atomic E-state index is 0.0752. The van der Waals surface area contributed by atoms with E-state index in [-0.39, 0.29) is 33.4 Å². The molecule has 61 heavy (non-hydrogen) atoms. The lowest BCUT2D eigenvalue weighted by atomic mass is 9.91. The van der Waals surface area contributed by atoms with E-state index in [0.717, 1.165) is 48.5 Å².